The number of hydrogen-bond acceptors (Lipinski definition) is 2. The predicted molar refractivity (Wildman–Crippen MR) is 55.2 cm³/mol. The maximum absolute atomic E-state index is 5.40. The third-order valence-corrected chi connectivity index (χ3v) is 2.16. The molecule has 3 N–H and O–H groups in total. The van der Waals surface area contributed by atoms with Crippen molar-refractivity contribution in [1.29, 1.82) is 0 Å². The summed E-state index contributed by atoms with van der Waals surface area (Å²) in [5, 5.41) is 0. The summed E-state index contributed by atoms with van der Waals surface area (Å²) in [5.41, 5.74) is 2.65. The Morgan fingerprint density at radius 1 is 1.62 bits per heavy atom. The zero-order chi connectivity index (χ0) is 9.84. The van der Waals surface area contributed by atoms with Crippen molar-refractivity contribution in [3.05, 3.63) is 0 Å². The van der Waals surface area contributed by atoms with Gasteiger partial charge in [-0.3, -0.25) is 10.4 Å². The first-order chi connectivity index (χ1) is 6.19. The van der Waals surface area contributed by atoms with Crippen LogP contribution in [0.15, 0.2) is 4.99 Å². The summed E-state index contributed by atoms with van der Waals surface area (Å²) in [6, 6.07) is 0.664. The molecular formula is C9H20N4. The molecule has 0 aromatic rings. The molecule has 0 saturated heterocycles. The molecule has 0 aromatic heterocycles. The molecule has 0 atom stereocenters. The highest BCUT2D eigenvalue weighted by atomic mass is 15.4. The van der Waals surface area contributed by atoms with E-state index in [2.05, 4.69) is 29.2 Å². The van der Waals surface area contributed by atoms with E-state index < -0.39 is 0 Å². The number of nitrogens with zero attached hydrogens (tertiary/aromatic N) is 2. The molecule has 1 rings (SSSR count). The van der Waals surface area contributed by atoms with Gasteiger partial charge in [-0.1, -0.05) is 13.8 Å². The molecule has 1 fully saturated rings. The summed E-state index contributed by atoms with van der Waals surface area (Å²) in [6.07, 6.45) is 2.54. The van der Waals surface area contributed by atoms with Crippen LogP contribution in [0.25, 0.3) is 0 Å². The average molecular weight is 184 g/mol. The number of rotatable bonds is 3. The third kappa shape index (κ3) is 2.88. The minimum absolute atomic E-state index is 0.644. The van der Waals surface area contributed by atoms with Crippen LogP contribution in [-0.2, 0) is 0 Å². The lowest BCUT2D eigenvalue weighted by molar-refractivity contribution is 0.346. The van der Waals surface area contributed by atoms with Crippen molar-refractivity contribution in [2.45, 2.75) is 32.7 Å². The Morgan fingerprint density at radius 2 is 2.23 bits per heavy atom. The summed E-state index contributed by atoms with van der Waals surface area (Å²) in [6.45, 7) is 5.44. The van der Waals surface area contributed by atoms with Crippen LogP contribution in [0.4, 0.5) is 0 Å². The van der Waals surface area contributed by atoms with Crippen molar-refractivity contribution in [2.24, 2.45) is 16.8 Å². The van der Waals surface area contributed by atoms with E-state index in [1.54, 1.807) is 7.05 Å². The monoisotopic (exact) mass is 184 g/mol. The first kappa shape index (κ1) is 10.3. The zero-order valence-electron chi connectivity index (χ0n) is 8.75. The van der Waals surface area contributed by atoms with E-state index in [0.29, 0.717) is 12.0 Å². The molecular weight excluding hydrogens is 164 g/mol. The third-order valence-electron chi connectivity index (χ3n) is 2.16. The normalized spacial score (nSPS) is 17.8. The van der Waals surface area contributed by atoms with E-state index in [1.165, 1.54) is 12.8 Å². The lowest BCUT2D eigenvalue weighted by Crippen LogP contribution is -2.47. The van der Waals surface area contributed by atoms with E-state index in [4.69, 9.17) is 5.84 Å². The van der Waals surface area contributed by atoms with Gasteiger partial charge in [-0.15, -0.1) is 0 Å². The van der Waals surface area contributed by atoms with E-state index in [-0.39, 0.29) is 0 Å². The fourth-order valence-corrected chi connectivity index (χ4v) is 1.46. The second kappa shape index (κ2) is 4.46. The van der Waals surface area contributed by atoms with Gasteiger partial charge in [0.15, 0.2) is 0 Å². The fourth-order valence-electron chi connectivity index (χ4n) is 1.46. The molecule has 0 radical (unpaired) electrons. The second-order valence-electron chi connectivity index (χ2n) is 3.97. The standard InChI is InChI=1S/C9H20N4/c1-7(2)6-13(8-4-5-8)9(11-3)12-10/h7-8H,4-6,10H2,1-3H3,(H,11,12). The number of hydrogen-bond donors (Lipinski definition) is 2. The SMILES string of the molecule is CN=C(NN)N(CC(C)C)C1CC1. The van der Waals surface area contributed by atoms with Crippen LogP contribution in [0.3, 0.4) is 0 Å². The quantitative estimate of drug-likeness (QED) is 0.291. The molecule has 0 amide bonds. The van der Waals surface area contributed by atoms with Crippen LogP contribution in [0.2, 0.25) is 0 Å². The van der Waals surface area contributed by atoms with Crippen LogP contribution in [-0.4, -0.2) is 30.5 Å². The van der Waals surface area contributed by atoms with Crippen LogP contribution in [0.5, 0.6) is 0 Å². The fraction of sp³-hybridized carbons (Fsp3) is 0.889. The van der Waals surface area contributed by atoms with Crippen LogP contribution >= 0.6 is 0 Å². The Balaban J connectivity index is 2.55. The van der Waals surface area contributed by atoms with Crippen molar-refractivity contribution in [3.8, 4) is 0 Å². The number of guanidine groups is 1. The number of aliphatic imine (C=N–C) groups is 1. The molecule has 1 saturated carbocycles. The molecule has 1 aliphatic rings. The van der Waals surface area contributed by atoms with Crippen LogP contribution in [0, 0.1) is 5.92 Å². The maximum atomic E-state index is 5.40. The van der Waals surface area contributed by atoms with Gasteiger partial charge in [0.05, 0.1) is 0 Å². The largest absolute Gasteiger partial charge is 0.339 e. The number of nitrogens with two attached hydrogens (primary N) is 1. The summed E-state index contributed by atoms with van der Waals surface area (Å²) in [5.74, 6) is 6.86. The van der Waals surface area contributed by atoms with Gasteiger partial charge in [0.1, 0.15) is 0 Å². The Bertz CT molecular complexity index is 184. The molecule has 4 heteroatoms. The lowest BCUT2D eigenvalue weighted by Gasteiger charge is -2.26. The molecule has 4 nitrogen and oxygen atoms in total. The number of nitrogens with one attached hydrogen (secondary N) is 1. The van der Waals surface area contributed by atoms with Crippen molar-refractivity contribution < 1.29 is 0 Å². The number of hydrazine groups is 1. The minimum atomic E-state index is 0.644. The van der Waals surface area contributed by atoms with Gasteiger partial charge in [0, 0.05) is 19.6 Å². The Labute approximate surface area is 80.2 Å². The summed E-state index contributed by atoms with van der Waals surface area (Å²) >= 11 is 0. The van der Waals surface area contributed by atoms with E-state index >= 15 is 0 Å². The van der Waals surface area contributed by atoms with Crippen molar-refractivity contribution >= 4 is 5.96 Å². The van der Waals surface area contributed by atoms with Gasteiger partial charge in [0.2, 0.25) is 5.96 Å². The van der Waals surface area contributed by atoms with E-state index in [1.807, 2.05) is 0 Å². The molecule has 0 spiro atoms. The highest BCUT2D eigenvalue weighted by molar-refractivity contribution is 5.79. The molecule has 0 unspecified atom stereocenters. The first-order valence-corrected chi connectivity index (χ1v) is 4.89. The lowest BCUT2D eigenvalue weighted by atomic mass is 10.2. The summed E-state index contributed by atoms with van der Waals surface area (Å²) in [7, 11) is 1.77. The van der Waals surface area contributed by atoms with Gasteiger partial charge in [-0.25, -0.2) is 5.84 Å². The molecule has 0 heterocycles. The first-order valence-electron chi connectivity index (χ1n) is 4.89. The van der Waals surface area contributed by atoms with Crippen LogP contribution in [0.1, 0.15) is 26.7 Å². The van der Waals surface area contributed by atoms with Gasteiger partial charge in [-0.05, 0) is 18.8 Å². The summed E-state index contributed by atoms with van der Waals surface area (Å²) < 4.78 is 0. The Hall–Kier alpha value is -0.770. The highest BCUT2D eigenvalue weighted by Gasteiger charge is 2.31. The Morgan fingerprint density at radius 3 is 2.54 bits per heavy atom. The molecule has 0 aliphatic heterocycles. The van der Waals surface area contributed by atoms with Gasteiger partial charge in [-0.2, -0.15) is 0 Å². The minimum Gasteiger partial charge on any atom is -0.339 e. The van der Waals surface area contributed by atoms with Crippen LogP contribution < -0.4 is 11.3 Å². The summed E-state index contributed by atoms with van der Waals surface area (Å²) in [4.78, 5) is 6.40. The molecule has 0 aromatic carbocycles. The molecule has 1 aliphatic carbocycles. The van der Waals surface area contributed by atoms with Gasteiger partial charge in [0.25, 0.3) is 0 Å². The predicted octanol–water partition coefficient (Wildman–Crippen LogP) is 0.556. The molecule has 76 valence electrons. The van der Waals surface area contributed by atoms with E-state index in [9.17, 15) is 0 Å². The average Bonchev–Trinajstić information content (AvgIpc) is 2.86. The molecule has 0 bridgehead atoms. The van der Waals surface area contributed by atoms with Gasteiger partial charge >= 0.3 is 0 Å². The van der Waals surface area contributed by atoms with E-state index in [0.717, 1.165) is 12.5 Å². The second-order valence-corrected chi connectivity index (χ2v) is 3.97. The van der Waals surface area contributed by atoms with Crippen molar-refractivity contribution in [1.82, 2.24) is 10.3 Å². The van der Waals surface area contributed by atoms with Crippen molar-refractivity contribution in [2.75, 3.05) is 13.6 Å². The highest BCUT2D eigenvalue weighted by Crippen LogP contribution is 2.27. The van der Waals surface area contributed by atoms with Crippen molar-refractivity contribution in [3.63, 3.8) is 0 Å². The maximum Gasteiger partial charge on any atom is 0.208 e. The topological polar surface area (TPSA) is 53.6 Å². The van der Waals surface area contributed by atoms with Gasteiger partial charge < -0.3 is 4.90 Å². The molecule has 13 heavy (non-hydrogen) atoms. The zero-order valence-corrected chi connectivity index (χ0v) is 8.75. The Kier molecular flexibility index (Phi) is 3.54. The smallest absolute Gasteiger partial charge is 0.208 e.